The second-order valence-corrected chi connectivity index (χ2v) is 3.61. The average molecular weight is 299 g/mol. The van der Waals surface area contributed by atoms with Gasteiger partial charge in [0.15, 0.2) is 0 Å². The number of aromatic nitrogens is 1. The minimum absolute atomic E-state index is 0.159. The van der Waals surface area contributed by atoms with E-state index >= 15 is 0 Å². The van der Waals surface area contributed by atoms with Crippen LogP contribution < -0.4 is 0 Å². The van der Waals surface area contributed by atoms with Crippen LogP contribution in [0, 0.1) is 10.6 Å². The van der Waals surface area contributed by atoms with Gasteiger partial charge in [0.2, 0.25) is 0 Å². The van der Waals surface area contributed by atoms with Crippen LogP contribution in [0.15, 0.2) is 6.07 Å². The molecule has 0 aliphatic carbocycles. The van der Waals surface area contributed by atoms with Gasteiger partial charge in [-0.15, -0.1) is 0 Å². The van der Waals surface area contributed by atoms with Crippen LogP contribution in [0.25, 0.3) is 0 Å². The Bertz CT molecular complexity index is 317. The second kappa shape index (κ2) is 4.28. The van der Waals surface area contributed by atoms with Gasteiger partial charge in [0.05, 0.1) is 12.2 Å². The lowest BCUT2D eigenvalue weighted by Crippen LogP contribution is -2.02. The quantitative estimate of drug-likeness (QED) is 0.672. The van der Waals surface area contributed by atoms with Crippen molar-refractivity contribution in [3.05, 3.63) is 26.6 Å². The zero-order valence-corrected chi connectivity index (χ0v) is 9.05. The third-order valence-electron chi connectivity index (χ3n) is 1.61. The Morgan fingerprint density at radius 2 is 2.23 bits per heavy atom. The summed E-state index contributed by atoms with van der Waals surface area (Å²) in [5.41, 5.74) is 0.735. The van der Waals surface area contributed by atoms with Gasteiger partial charge in [-0.05, 0) is 41.1 Å². The maximum atomic E-state index is 12.5. The molecule has 13 heavy (non-hydrogen) atoms. The topological polar surface area (TPSA) is 33.1 Å². The molecule has 0 radical (unpaired) electrons. The van der Waals surface area contributed by atoms with Crippen molar-refractivity contribution in [2.75, 3.05) is 0 Å². The van der Waals surface area contributed by atoms with Crippen molar-refractivity contribution < 1.29 is 13.9 Å². The number of hydrogen-bond donors (Lipinski definition) is 1. The van der Waals surface area contributed by atoms with E-state index in [2.05, 4.69) is 4.98 Å². The van der Waals surface area contributed by atoms with Crippen LogP contribution in [0.1, 0.15) is 23.2 Å². The van der Waals surface area contributed by atoms with Crippen molar-refractivity contribution in [1.29, 1.82) is 0 Å². The summed E-state index contributed by atoms with van der Waals surface area (Å²) in [5.74, 6) is 0. The summed E-state index contributed by atoms with van der Waals surface area (Å²) in [4.78, 5) is 3.90. The summed E-state index contributed by atoms with van der Waals surface area (Å²) in [6.07, 6.45) is -2.58. The number of rotatable bonds is 2. The van der Waals surface area contributed by atoms with Crippen molar-refractivity contribution in [3.8, 4) is 0 Å². The van der Waals surface area contributed by atoms with Crippen molar-refractivity contribution in [3.63, 3.8) is 0 Å². The molecule has 0 unspecified atom stereocenters. The SMILES string of the molecule is Cc1cc(CO)c(C(F)F)c(I)n1. The Hall–Kier alpha value is -0.300. The van der Waals surface area contributed by atoms with Crippen LogP contribution in [0.4, 0.5) is 8.78 Å². The standard InChI is InChI=1S/C8H8F2INO/c1-4-2-5(3-13)6(7(9)10)8(11)12-4/h2,7,13H,3H2,1H3. The highest BCUT2D eigenvalue weighted by Crippen LogP contribution is 2.27. The molecule has 1 aromatic heterocycles. The zero-order valence-electron chi connectivity index (χ0n) is 6.89. The number of pyridine rings is 1. The molecule has 0 aromatic carbocycles. The van der Waals surface area contributed by atoms with Crippen LogP contribution in [-0.2, 0) is 6.61 Å². The molecule has 0 amide bonds. The third-order valence-corrected chi connectivity index (χ3v) is 2.44. The van der Waals surface area contributed by atoms with Gasteiger partial charge < -0.3 is 5.11 Å². The number of nitrogens with zero attached hydrogens (tertiary/aromatic N) is 1. The maximum absolute atomic E-state index is 12.5. The highest BCUT2D eigenvalue weighted by Gasteiger charge is 2.17. The molecule has 1 aromatic rings. The van der Waals surface area contributed by atoms with Gasteiger partial charge in [-0.3, -0.25) is 0 Å². The first-order chi connectivity index (χ1) is 6.06. The van der Waals surface area contributed by atoms with E-state index in [4.69, 9.17) is 5.11 Å². The van der Waals surface area contributed by atoms with E-state index in [1.54, 1.807) is 29.5 Å². The summed E-state index contributed by atoms with van der Waals surface area (Å²) < 4.78 is 25.2. The molecule has 0 atom stereocenters. The number of halogens is 3. The monoisotopic (exact) mass is 299 g/mol. The summed E-state index contributed by atoms with van der Waals surface area (Å²) in [5, 5.41) is 8.85. The van der Waals surface area contributed by atoms with Crippen LogP contribution in [0.3, 0.4) is 0 Å². The Kier molecular flexibility index (Phi) is 3.55. The molecule has 0 saturated heterocycles. The highest BCUT2D eigenvalue weighted by molar-refractivity contribution is 14.1. The fourth-order valence-electron chi connectivity index (χ4n) is 1.07. The summed E-state index contributed by atoms with van der Waals surface area (Å²) >= 11 is 1.75. The first kappa shape index (κ1) is 10.8. The van der Waals surface area contributed by atoms with Gasteiger partial charge in [0.1, 0.15) is 3.70 Å². The van der Waals surface area contributed by atoms with Gasteiger partial charge >= 0.3 is 0 Å². The summed E-state index contributed by atoms with van der Waals surface area (Å²) in [7, 11) is 0. The van der Waals surface area contributed by atoms with Crippen molar-refractivity contribution >= 4 is 22.6 Å². The van der Waals surface area contributed by atoms with Crippen molar-refractivity contribution in [2.45, 2.75) is 20.0 Å². The van der Waals surface area contributed by atoms with E-state index in [1.165, 1.54) is 6.07 Å². The minimum atomic E-state index is -2.58. The highest BCUT2D eigenvalue weighted by atomic mass is 127. The number of aliphatic hydroxyl groups is 1. The number of aryl methyl sites for hydroxylation is 1. The Balaban J connectivity index is 3.30. The van der Waals surface area contributed by atoms with Gasteiger partial charge in [0.25, 0.3) is 6.43 Å². The van der Waals surface area contributed by atoms with E-state index in [1.807, 2.05) is 0 Å². The molecule has 0 aliphatic rings. The Labute approximate surface area is 88.1 Å². The summed E-state index contributed by atoms with van der Waals surface area (Å²) in [6, 6.07) is 1.48. The molecule has 0 fully saturated rings. The molecule has 2 nitrogen and oxygen atoms in total. The minimum Gasteiger partial charge on any atom is -0.392 e. The predicted molar refractivity (Wildman–Crippen MR) is 52.6 cm³/mol. The molecule has 5 heteroatoms. The number of aliphatic hydroxyl groups excluding tert-OH is 1. The van der Waals surface area contributed by atoms with E-state index in [9.17, 15) is 8.78 Å². The van der Waals surface area contributed by atoms with Crippen LogP contribution in [-0.4, -0.2) is 10.1 Å². The Morgan fingerprint density at radius 1 is 1.62 bits per heavy atom. The molecule has 72 valence electrons. The largest absolute Gasteiger partial charge is 0.392 e. The van der Waals surface area contributed by atoms with Gasteiger partial charge in [-0.2, -0.15) is 0 Å². The second-order valence-electron chi connectivity index (χ2n) is 2.59. The van der Waals surface area contributed by atoms with Crippen LogP contribution >= 0.6 is 22.6 Å². The fraction of sp³-hybridized carbons (Fsp3) is 0.375. The number of alkyl halides is 2. The van der Waals surface area contributed by atoms with E-state index in [0.717, 1.165) is 0 Å². The lowest BCUT2D eigenvalue weighted by Gasteiger charge is -2.09. The zero-order chi connectivity index (χ0) is 10.0. The van der Waals surface area contributed by atoms with E-state index in [0.29, 0.717) is 5.69 Å². The fourth-order valence-corrected chi connectivity index (χ4v) is 2.03. The summed E-state index contributed by atoms with van der Waals surface area (Å²) in [6.45, 7) is 1.33. The molecule has 0 saturated carbocycles. The lowest BCUT2D eigenvalue weighted by molar-refractivity contribution is 0.145. The lowest BCUT2D eigenvalue weighted by atomic mass is 10.1. The average Bonchev–Trinajstić information content (AvgIpc) is 2.01. The van der Waals surface area contributed by atoms with Crippen molar-refractivity contribution in [2.24, 2.45) is 0 Å². The molecule has 0 aliphatic heterocycles. The van der Waals surface area contributed by atoms with Gasteiger partial charge in [-0.1, -0.05) is 0 Å². The van der Waals surface area contributed by atoms with Gasteiger partial charge in [-0.25, -0.2) is 13.8 Å². The normalized spacial score (nSPS) is 10.9. The van der Waals surface area contributed by atoms with E-state index in [-0.39, 0.29) is 21.4 Å². The maximum Gasteiger partial charge on any atom is 0.266 e. The third kappa shape index (κ3) is 2.34. The van der Waals surface area contributed by atoms with Gasteiger partial charge in [0, 0.05) is 5.69 Å². The molecule has 1 N–H and O–H groups in total. The predicted octanol–water partition coefficient (Wildman–Crippen LogP) is 2.42. The first-order valence-corrected chi connectivity index (χ1v) is 4.69. The van der Waals surface area contributed by atoms with Crippen molar-refractivity contribution in [1.82, 2.24) is 4.98 Å². The smallest absolute Gasteiger partial charge is 0.266 e. The first-order valence-electron chi connectivity index (χ1n) is 3.61. The molecule has 1 heterocycles. The molecular formula is C8H8F2INO. The molecule has 0 spiro atoms. The number of hydrogen-bond acceptors (Lipinski definition) is 2. The molecule has 1 rings (SSSR count). The van der Waals surface area contributed by atoms with Crippen LogP contribution in [0.2, 0.25) is 0 Å². The Morgan fingerprint density at radius 3 is 2.69 bits per heavy atom. The van der Waals surface area contributed by atoms with E-state index < -0.39 is 6.43 Å². The molecular weight excluding hydrogens is 291 g/mol. The molecule has 0 bridgehead atoms. The van der Waals surface area contributed by atoms with Crippen LogP contribution in [0.5, 0.6) is 0 Å².